The van der Waals surface area contributed by atoms with Crippen molar-refractivity contribution < 1.29 is 76.5 Å². The zero-order valence-electron chi connectivity index (χ0n) is 73.3. The summed E-state index contributed by atoms with van der Waals surface area (Å²) in [5.41, 5.74) is 1.93. The van der Waals surface area contributed by atoms with E-state index in [0.717, 1.165) is 72.1 Å². The standard InChI is InChI=1S/C24H34O5.C24H34O4.C23H33NO4S.C23H33NO3S/c1-23(2,3)27-14-19-22(29-24(4,5)6)20(25)21(28-19)17-12-15-10-8-9-11-16(15)13-18(17)26-7;1-23(2,3)26-15-22-21(28-24(4,5)6)14-20(27-22)18-12-16-10-8-9-11-17(16)13-19(18)25-7;1-14-8-9-16-15(12-14)10-11-24(21(16)29)20-18(25)19(28-23(5,6)7)17(27-20)13-26-22(2,3)4;1-15-8-9-17-16(12-15)10-11-24(21(17)28)20-13-18(27-23(5,6)7)19(26-20)14-25-22(2,3)4/h8-13,19-22,25H,14H2,1-7H3;8-13,20-22H,14-15H2,1-7H3;8-12,17-20,25H,13H2,1-7H3;8-12,18-20H,13-14H2,1-7H3/t19-,20?,21+,22?;20-,21?,22-;17-,18?,19+,20-;18-,19-,20-/m1111/s1. The largest absolute Gasteiger partial charge is 0.496 e. The van der Waals surface area contributed by atoms with Gasteiger partial charge in [0.25, 0.3) is 0 Å². The van der Waals surface area contributed by atoms with E-state index < -0.39 is 54.1 Å². The van der Waals surface area contributed by atoms with Gasteiger partial charge in [-0.25, -0.2) is 0 Å². The van der Waals surface area contributed by atoms with E-state index in [1.165, 1.54) is 16.5 Å². The first-order valence-electron chi connectivity index (χ1n) is 40.4. The topological polar surface area (TPSA) is 180 Å². The maximum atomic E-state index is 11.2. The summed E-state index contributed by atoms with van der Waals surface area (Å²) in [4.78, 5) is 0. The van der Waals surface area contributed by atoms with Crippen molar-refractivity contribution in [1.29, 1.82) is 0 Å². The Bertz CT molecular complexity index is 4620. The van der Waals surface area contributed by atoms with Crippen LogP contribution in [0.5, 0.6) is 11.5 Å². The Labute approximate surface area is 690 Å². The molecule has 4 aliphatic rings. The van der Waals surface area contributed by atoms with Gasteiger partial charge in [-0.3, -0.25) is 0 Å². The van der Waals surface area contributed by atoms with Crippen LogP contribution < -0.4 is 9.47 Å². The van der Waals surface area contributed by atoms with Gasteiger partial charge in [0.2, 0.25) is 0 Å². The molecule has 114 heavy (non-hydrogen) atoms. The van der Waals surface area contributed by atoms with Gasteiger partial charge in [-0.05, 0) is 249 Å². The zero-order valence-corrected chi connectivity index (χ0v) is 75.0. The van der Waals surface area contributed by atoms with E-state index in [4.69, 9.17) is 90.8 Å². The highest BCUT2D eigenvalue weighted by Crippen LogP contribution is 2.46. The Morgan fingerprint density at radius 2 is 0.746 bits per heavy atom. The van der Waals surface area contributed by atoms with Gasteiger partial charge >= 0.3 is 0 Å². The van der Waals surface area contributed by atoms with E-state index >= 15 is 0 Å². The molecular formula is C94H134N2O16S2. The number of aliphatic hydroxyl groups is 2. The smallest absolute Gasteiger partial charge is 0.163 e. The molecule has 628 valence electrons. The van der Waals surface area contributed by atoms with E-state index in [1.807, 2.05) is 161 Å². The first kappa shape index (κ1) is 92.0. The van der Waals surface area contributed by atoms with Crippen LogP contribution in [0.15, 0.2) is 134 Å². The molecule has 0 bridgehead atoms. The van der Waals surface area contributed by atoms with E-state index in [-0.39, 0.29) is 76.5 Å². The van der Waals surface area contributed by atoms with Gasteiger partial charge in [-0.15, -0.1) is 0 Å². The molecule has 2 N–H and O–H groups in total. The van der Waals surface area contributed by atoms with E-state index in [0.29, 0.717) is 36.8 Å². The number of ether oxygens (including phenoxy) is 14. The second-order valence-electron chi connectivity index (χ2n) is 38.6. The molecule has 4 saturated heterocycles. The molecule has 2 aromatic heterocycles. The van der Waals surface area contributed by atoms with Crippen molar-refractivity contribution in [2.45, 2.75) is 323 Å². The number of hydrogen-bond acceptors (Lipinski definition) is 18. The summed E-state index contributed by atoms with van der Waals surface area (Å²) in [6.45, 7) is 54.5. The van der Waals surface area contributed by atoms with Crippen LogP contribution in [0.1, 0.15) is 226 Å². The van der Waals surface area contributed by atoms with Gasteiger partial charge in [0.15, 0.2) is 6.23 Å². The van der Waals surface area contributed by atoms with Crippen molar-refractivity contribution in [1.82, 2.24) is 9.13 Å². The SMILES string of the molecule is COc1cc2ccccc2cc1[C@@H]1O[C@H](COC(C)(C)C)C(OC(C)(C)C)C1O.COc1cc2ccccc2cc1[C@H]1CC(OC(C)(C)C)[C@@H](COC(C)(C)C)O1.Cc1ccc2c(=S)n([C@@H]3O[C@H](COC(C)(C)C)[C@H](OC(C)(C)C)C3O)ccc2c1.Cc1ccc2c(=S)n([C@H]3C[C@@H](OC(C)(C)C)[C@@H](COC(C)(C)C)O3)ccc2c1. The highest BCUT2D eigenvalue weighted by molar-refractivity contribution is 7.71. The zero-order chi connectivity index (χ0) is 84.2. The third kappa shape index (κ3) is 26.1. The quantitative estimate of drug-likeness (QED) is 0.0774. The third-order valence-corrected chi connectivity index (χ3v) is 20.2. The summed E-state index contributed by atoms with van der Waals surface area (Å²) in [5.74, 6) is 1.55. The molecule has 14 atom stereocenters. The average Bonchev–Trinajstić information content (AvgIpc) is 1.59. The summed E-state index contributed by atoms with van der Waals surface area (Å²) in [5, 5.41) is 31.1. The van der Waals surface area contributed by atoms with E-state index in [1.54, 1.807) is 14.2 Å². The van der Waals surface area contributed by atoms with Gasteiger partial charge in [0, 0.05) is 47.1 Å². The molecule has 6 aromatic carbocycles. The van der Waals surface area contributed by atoms with E-state index in [9.17, 15) is 10.2 Å². The highest BCUT2D eigenvalue weighted by atomic mass is 32.1. The first-order valence-corrected chi connectivity index (χ1v) is 41.3. The molecule has 4 unspecified atom stereocenters. The number of fused-ring (bicyclic) bond motifs is 4. The number of rotatable bonds is 18. The number of aryl methyl sites for hydroxylation is 2. The second-order valence-corrected chi connectivity index (χ2v) is 39.4. The predicted octanol–water partition coefficient (Wildman–Crippen LogP) is 21.2. The lowest BCUT2D eigenvalue weighted by molar-refractivity contribution is -0.138. The fraction of sp³-hybridized carbons (Fsp3) is 0.596. The fourth-order valence-electron chi connectivity index (χ4n) is 14.4. The lowest BCUT2D eigenvalue weighted by Crippen LogP contribution is -2.42. The van der Waals surface area contributed by atoms with Crippen LogP contribution in [0.2, 0.25) is 0 Å². The maximum absolute atomic E-state index is 11.2. The summed E-state index contributed by atoms with van der Waals surface area (Å²) in [7, 11) is 3.35. The van der Waals surface area contributed by atoms with Crippen LogP contribution in [-0.4, -0.2) is 166 Å². The molecule has 4 aliphatic heterocycles. The molecule has 4 fully saturated rings. The summed E-state index contributed by atoms with van der Waals surface area (Å²) < 4.78 is 91.1. The van der Waals surface area contributed by atoms with Crippen LogP contribution in [0.4, 0.5) is 0 Å². The molecule has 18 nitrogen and oxygen atoms in total. The molecule has 8 aromatic rings. The Kier molecular flexibility index (Phi) is 30.0. The molecule has 0 spiro atoms. The van der Waals surface area contributed by atoms with E-state index in [2.05, 4.69) is 162 Å². The minimum atomic E-state index is -0.864. The van der Waals surface area contributed by atoms with Gasteiger partial charge in [0.1, 0.15) is 81.9 Å². The predicted molar refractivity (Wildman–Crippen MR) is 462 cm³/mol. The Hall–Kier alpha value is -5.86. The van der Waals surface area contributed by atoms with Crippen molar-refractivity contribution in [3.63, 3.8) is 0 Å². The van der Waals surface area contributed by atoms with Crippen LogP contribution in [0.25, 0.3) is 43.1 Å². The minimum Gasteiger partial charge on any atom is -0.496 e. The normalized spacial score (nSPS) is 24.5. The van der Waals surface area contributed by atoms with Crippen LogP contribution in [0, 0.1) is 23.1 Å². The number of nitrogens with zero attached hydrogens (tertiary/aromatic N) is 2. The molecule has 0 radical (unpaired) electrons. The molecular weight excluding hydrogens is 1480 g/mol. The lowest BCUT2D eigenvalue weighted by atomic mass is 9.97. The number of aromatic nitrogens is 2. The monoisotopic (exact) mass is 1610 g/mol. The number of methoxy groups -OCH3 is 2. The lowest BCUT2D eigenvalue weighted by Gasteiger charge is -2.30. The summed E-state index contributed by atoms with van der Waals surface area (Å²) in [6, 6.07) is 41.3. The fourth-order valence-corrected chi connectivity index (χ4v) is 15.1. The number of hydrogen-bond donors (Lipinski definition) is 2. The summed E-state index contributed by atoms with van der Waals surface area (Å²) >= 11 is 11.5. The average molecular weight is 1610 g/mol. The van der Waals surface area contributed by atoms with Crippen LogP contribution in [0.3, 0.4) is 0 Å². The maximum Gasteiger partial charge on any atom is 0.163 e. The molecule has 0 amide bonds. The third-order valence-electron chi connectivity index (χ3n) is 19.3. The molecule has 0 saturated carbocycles. The number of pyridine rings is 2. The highest BCUT2D eigenvalue weighted by Gasteiger charge is 2.50. The Balaban J connectivity index is 0.000000174. The van der Waals surface area contributed by atoms with Crippen LogP contribution >= 0.6 is 24.4 Å². The second kappa shape index (κ2) is 37.2. The molecule has 20 heteroatoms. The van der Waals surface area contributed by atoms with Crippen LogP contribution in [-0.2, 0) is 56.8 Å². The van der Waals surface area contributed by atoms with Gasteiger partial charge in [0.05, 0.1) is 104 Å². The Morgan fingerprint density at radius 3 is 1.18 bits per heavy atom. The van der Waals surface area contributed by atoms with Crippen molar-refractivity contribution in [3.05, 3.63) is 165 Å². The number of benzene rings is 6. The first-order chi connectivity index (χ1) is 52.8. The number of aliphatic hydroxyl groups excluding tert-OH is 2. The van der Waals surface area contributed by atoms with Gasteiger partial charge in [-0.1, -0.05) is 120 Å². The van der Waals surface area contributed by atoms with Crippen molar-refractivity contribution >= 4 is 67.5 Å². The van der Waals surface area contributed by atoms with Crippen molar-refractivity contribution in [2.24, 2.45) is 0 Å². The minimum absolute atomic E-state index is 0.0245. The molecule has 0 aliphatic carbocycles. The van der Waals surface area contributed by atoms with Crippen molar-refractivity contribution in [2.75, 3.05) is 40.6 Å². The van der Waals surface area contributed by atoms with Gasteiger partial charge < -0.3 is 85.7 Å². The van der Waals surface area contributed by atoms with Gasteiger partial charge in [-0.2, -0.15) is 0 Å². The summed E-state index contributed by atoms with van der Waals surface area (Å²) in [6.07, 6.45) is 0.232. The molecule has 12 rings (SSSR count). The Morgan fingerprint density at radius 1 is 0.377 bits per heavy atom. The molecule has 6 heterocycles. The van der Waals surface area contributed by atoms with Crippen molar-refractivity contribution in [3.8, 4) is 11.5 Å².